The molecular formula is C11H10BrFN4O. The van der Waals surface area contributed by atoms with Crippen LogP contribution in [0.25, 0.3) is 0 Å². The molecule has 0 aliphatic carbocycles. The van der Waals surface area contributed by atoms with Gasteiger partial charge >= 0.3 is 0 Å². The molecule has 0 aliphatic heterocycles. The third-order valence-electron chi connectivity index (χ3n) is 2.22. The minimum atomic E-state index is -0.413. The molecule has 1 aromatic heterocycles. The van der Waals surface area contributed by atoms with Crippen molar-refractivity contribution >= 4 is 33.3 Å². The fraction of sp³-hybridized carbons (Fsp3) is 0.0909. The van der Waals surface area contributed by atoms with Crippen molar-refractivity contribution in [2.75, 3.05) is 18.2 Å². The lowest BCUT2D eigenvalue weighted by Gasteiger charge is -2.11. The van der Waals surface area contributed by atoms with Crippen LogP contribution >= 0.6 is 15.9 Å². The Labute approximate surface area is 111 Å². The number of nitrogens with zero attached hydrogens (tertiary/aromatic N) is 2. The number of anilines is 3. The minimum absolute atomic E-state index is 0.188. The average Bonchev–Trinajstić information content (AvgIpc) is 2.33. The smallest absolute Gasteiger partial charge is 0.204 e. The van der Waals surface area contributed by atoms with Gasteiger partial charge in [0.15, 0.2) is 11.6 Å². The lowest BCUT2D eigenvalue weighted by Crippen LogP contribution is -2.03. The second-order valence-electron chi connectivity index (χ2n) is 3.39. The molecule has 0 unspecified atom stereocenters. The molecule has 5 nitrogen and oxygen atoms in total. The fourth-order valence-electron chi connectivity index (χ4n) is 1.40. The molecule has 0 radical (unpaired) electrons. The van der Waals surface area contributed by atoms with Gasteiger partial charge in [0.25, 0.3) is 0 Å². The largest absolute Gasteiger partial charge is 0.490 e. The van der Waals surface area contributed by atoms with Crippen molar-refractivity contribution in [1.82, 2.24) is 9.97 Å². The van der Waals surface area contributed by atoms with Gasteiger partial charge < -0.3 is 15.8 Å². The van der Waals surface area contributed by atoms with Crippen LogP contribution < -0.4 is 15.8 Å². The van der Waals surface area contributed by atoms with Crippen LogP contribution in [0, 0.1) is 5.82 Å². The SMILES string of the molecule is COc1c(N)ncnc1Nc1ccc(Br)cc1F. The molecule has 2 aromatic rings. The van der Waals surface area contributed by atoms with E-state index < -0.39 is 5.82 Å². The molecule has 0 saturated carbocycles. The minimum Gasteiger partial charge on any atom is -0.490 e. The Morgan fingerprint density at radius 3 is 2.83 bits per heavy atom. The number of rotatable bonds is 3. The highest BCUT2D eigenvalue weighted by Gasteiger charge is 2.11. The molecule has 0 spiro atoms. The van der Waals surface area contributed by atoms with Gasteiger partial charge in [0.2, 0.25) is 5.75 Å². The first-order valence-electron chi connectivity index (χ1n) is 4.98. The quantitative estimate of drug-likeness (QED) is 0.911. The van der Waals surface area contributed by atoms with Crippen molar-refractivity contribution in [2.45, 2.75) is 0 Å². The van der Waals surface area contributed by atoms with Gasteiger partial charge in [-0.05, 0) is 18.2 Å². The Kier molecular flexibility index (Phi) is 3.61. The van der Waals surface area contributed by atoms with Crippen molar-refractivity contribution in [2.24, 2.45) is 0 Å². The summed E-state index contributed by atoms with van der Waals surface area (Å²) in [5.74, 6) is 0.363. The van der Waals surface area contributed by atoms with Crippen LogP contribution in [0.2, 0.25) is 0 Å². The summed E-state index contributed by atoms with van der Waals surface area (Å²) in [4.78, 5) is 7.75. The van der Waals surface area contributed by atoms with Gasteiger partial charge in [-0.2, -0.15) is 0 Å². The van der Waals surface area contributed by atoms with Gasteiger partial charge in [0.1, 0.15) is 12.1 Å². The number of nitrogens with one attached hydrogen (secondary N) is 1. The van der Waals surface area contributed by atoms with E-state index in [1.165, 1.54) is 19.5 Å². The van der Waals surface area contributed by atoms with Crippen molar-refractivity contribution in [3.8, 4) is 5.75 Å². The summed E-state index contributed by atoms with van der Waals surface area (Å²) in [6.45, 7) is 0. The third kappa shape index (κ3) is 2.51. The number of ether oxygens (including phenoxy) is 1. The van der Waals surface area contributed by atoms with Crippen LogP contribution in [0.1, 0.15) is 0 Å². The molecule has 2 rings (SSSR count). The van der Waals surface area contributed by atoms with Gasteiger partial charge in [-0.3, -0.25) is 0 Å². The Morgan fingerprint density at radius 1 is 1.39 bits per heavy atom. The third-order valence-corrected chi connectivity index (χ3v) is 2.71. The predicted octanol–water partition coefficient (Wildman–Crippen LogP) is 2.71. The fourth-order valence-corrected chi connectivity index (χ4v) is 1.73. The molecule has 3 N–H and O–H groups in total. The highest BCUT2D eigenvalue weighted by Crippen LogP contribution is 2.30. The highest BCUT2D eigenvalue weighted by molar-refractivity contribution is 9.10. The van der Waals surface area contributed by atoms with Crippen LogP contribution in [0.5, 0.6) is 5.75 Å². The van der Waals surface area contributed by atoms with Crippen molar-refractivity contribution in [3.63, 3.8) is 0 Å². The molecule has 18 heavy (non-hydrogen) atoms. The number of methoxy groups -OCH3 is 1. The van der Waals surface area contributed by atoms with Crippen LogP contribution in [0.4, 0.5) is 21.7 Å². The maximum Gasteiger partial charge on any atom is 0.204 e. The standard InChI is InChI=1S/C11H10BrFN4O/c1-18-9-10(14)15-5-16-11(9)17-8-3-2-6(12)4-7(8)13/h2-5H,1H3,(H3,14,15,16,17). The summed E-state index contributed by atoms with van der Waals surface area (Å²) < 4.78 is 19.4. The van der Waals surface area contributed by atoms with Crippen LogP contribution in [-0.2, 0) is 0 Å². The number of nitrogens with two attached hydrogens (primary N) is 1. The second kappa shape index (κ2) is 5.18. The first-order valence-corrected chi connectivity index (χ1v) is 5.77. The molecule has 0 fully saturated rings. The van der Waals surface area contributed by atoms with Crippen molar-refractivity contribution < 1.29 is 9.13 Å². The van der Waals surface area contributed by atoms with E-state index in [1.807, 2.05) is 0 Å². The number of halogens is 2. The Bertz CT molecular complexity index is 579. The van der Waals surface area contributed by atoms with E-state index in [4.69, 9.17) is 10.5 Å². The molecule has 94 valence electrons. The van der Waals surface area contributed by atoms with Gasteiger partial charge in [-0.15, -0.1) is 0 Å². The molecule has 0 amide bonds. The van der Waals surface area contributed by atoms with E-state index in [1.54, 1.807) is 12.1 Å². The number of benzene rings is 1. The Hall–Kier alpha value is -1.89. The molecule has 1 aromatic carbocycles. The normalized spacial score (nSPS) is 10.2. The topological polar surface area (TPSA) is 73.1 Å². The van der Waals surface area contributed by atoms with Gasteiger partial charge in [-0.25, -0.2) is 14.4 Å². The molecule has 0 atom stereocenters. The van der Waals surface area contributed by atoms with E-state index in [9.17, 15) is 4.39 Å². The summed E-state index contributed by atoms with van der Waals surface area (Å²) in [6, 6.07) is 4.64. The Balaban J connectivity index is 2.37. The molecule has 1 heterocycles. The number of hydrogen-bond acceptors (Lipinski definition) is 5. The van der Waals surface area contributed by atoms with Gasteiger partial charge in [0.05, 0.1) is 12.8 Å². The van der Waals surface area contributed by atoms with Gasteiger partial charge in [0, 0.05) is 4.47 Å². The maximum absolute atomic E-state index is 13.7. The lowest BCUT2D eigenvalue weighted by molar-refractivity contribution is 0.415. The molecular weight excluding hydrogens is 303 g/mol. The molecule has 7 heteroatoms. The Morgan fingerprint density at radius 2 is 2.17 bits per heavy atom. The van der Waals surface area contributed by atoms with E-state index in [2.05, 4.69) is 31.2 Å². The number of hydrogen-bond donors (Lipinski definition) is 2. The zero-order valence-corrected chi connectivity index (χ0v) is 11.0. The van der Waals surface area contributed by atoms with Crippen molar-refractivity contribution in [1.29, 1.82) is 0 Å². The zero-order valence-electron chi connectivity index (χ0n) is 9.45. The molecule has 0 aliphatic rings. The number of aromatic nitrogens is 2. The molecule has 0 bridgehead atoms. The molecule has 0 saturated heterocycles. The van der Waals surface area contributed by atoms with Crippen molar-refractivity contribution in [3.05, 3.63) is 34.8 Å². The zero-order chi connectivity index (χ0) is 13.1. The maximum atomic E-state index is 13.7. The van der Waals surface area contributed by atoms with Crippen LogP contribution in [0.15, 0.2) is 29.0 Å². The first-order chi connectivity index (χ1) is 8.61. The van der Waals surface area contributed by atoms with Crippen LogP contribution in [0.3, 0.4) is 0 Å². The second-order valence-corrected chi connectivity index (χ2v) is 4.31. The summed E-state index contributed by atoms with van der Waals surface area (Å²) in [6.07, 6.45) is 1.27. The summed E-state index contributed by atoms with van der Waals surface area (Å²) in [5.41, 5.74) is 5.90. The van der Waals surface area contributed by atoms with E-state index in [0.717, 1.165) is 0 Å². The summed E-state index contributed by atoms with van der Waals surface area (Å²) >= 11 is 3.18. The monoisotopic (exact) mass is 312 g/mol. The van der Waals surface area contributed by atoms with E-state index in [-0.39, 0.29) is 17.3 Å². The average molecular weight is 313 g/mol. The van der Waals surface area contributed by atoms with E-state index >= 15 is 0 Å². The van der Waals surface area contributed by atoms with E-state index in [0.29, 0.717) is 10.3 Å². The predicted molar refractivity (Wildman–Crippen MR) is 70.4 cm³/mol. The summed E-state index contributed by atoms with van der Waals surface area (Å²) in [7, 11) is 1.44. The first kappa shape index (κ1) is 12.6. The van der Waals surface area contributed by atoms with Crippen LogP contribution in [-0.4, -0.2) is 17.1 Å². The highest BCUT2D eigenvalue weighted by atomic mass is 79.9. The number of nitrogen functional groups attached to an aromatic ring is 1. The summed E-state index contributed by atoms with van der Waals surface area (Å²) in [5, 5.41) is 2.81. The van der Waals surface area contributed by atoms with Gasteiger partial charge in [-0.1, -0.05) is 15.9 Å². The lowest BCUT2D eigenvalue weighted by atomic mass is 10.3.